The number of hydrogen-bond donors (Lipinski definition) is 1. The summed E-state index contributed by atoms with van der Waals surface area (Å²) in [6, 6.07) is 8.10. The van der Waals surface area contributed by atoms with Crippen molar-refractivity contribution in [1.29, 1.82) is 0 Å². The first-order valence-corrected chi connectivity index (χ1v) is 20.8. The summed E-state index contributed by atoms with van der Waals surface area (Å²) in [6.07, 6.45) is 6.53. The lowest BCUT2D eigenvalue weighted by atomic mass is 9.77. The van der Waals surface area contributed by atoms with Crippen LogP contribution < -0.4 is 5.32 Å². The average molecular weight is 776 g/mol. The maximum atomic E-state index is 14.7. The molecule has 6 atom stereocenters. The highest BCUT2D eigenvalue weighted by Crippen LogP contribution is 2.46. The van der Waals surface area contributed by atoms with Crippen LogP contribution in [-0.4, -0.2) is 88.9 Å². The molecule has 1 aromatic carbocycles. The highest BCUT2D eigenvalue weighted by molar-refractivity contribution is 6.38. The van der Waals surface area contributed by atoms with Crippen LogP contribution in [0.4, 0.5) is 0 Å². The molecule has 11 heteroatoms. The predicted molar refractivity (Wildman–Crippen MR) is 213 cm³/mol. The van der Waals surface area contributed by atoms with E-state index in [1.807, 2.05) is 83.9 Å². The Morgan fingerprint density at radius 1 is 0.964 bits per heavy atom. The minimum atomic E-state index is -0.835. The first kappa shape index (κ1) is 43.3. The molecule has 2 saturated heterocycles. The van der Waals surface area contributed by atoms with Crippen LogP contribution in [0.15, 0.2) is 42.6 Å². The van der Waals surface area contributed by atoms with Crippen molar-refractivity contribution in [2.24, 2.45) is 29.6 Å². The van der Waals surface area contributed by atoms with Crippen molar-refractivity contribution in [1.82, 2.24) is 15.1 Å². The SMILES string of the molecule is C=C([C@@H](NC(=O)CCC(=O)C(=O)C(CC(=O)[C@@H]1[C@H]2CC(C)(C)OC2CN1C(=O)[C@@H](CC(=O)OC(C)(C)C)C1CCCCC1)CC1CC1)c1ccccc1)N(C)C. The smallest absolute Gasteiger partial charge is 0.307 e. The van der Waals surface area contributed by atoms with Crippen LogP contribution in [0.5, 0.6) is 0 Å². The molecule has 2 aliphatic carbocycles. The van der Waals surface area contributed by atoms with E-state index in [1.54, 1.807) is 4.90 Å². The number of fused-ring (bicyclic) bond motifs is 1. The number of amides is 2. The van der Waals surface area contributed by atoms with E-state index in [1.165, 1.54) is 0 Å². The van der Waals surface area contributed by atoms with Gasteiger partial charge in [0.1, 0.15) is 5.60 Å². The van der Waals surface area contributed by atoms with Gasteiger partial charge < -0.3 is 24.6 Å². The summed E-state index contributed by atoms with van der Waals surface area (Å²) in [6.45, 7) is 13.8. The zero-order chi connectivity index (χ0) is 40.9. The molecule has 1 N–H and O–H groups in total. The van der Waals surface area contributed by atoms with Crippen molar-refractivity contribution in [3.8, 4) is 0 Å². The van der Waals surface area contributed by atoms with Crippen LogP contribution >= 0.6 is 0 Å². The van der Waals surface area contributed by atoms with Crippen LogP contribution in [0, 0.1) is 29.6 Å². The van der Waals surface area contributed by atoms with E-state index in [4.69, 9.17) is 9.47 Å². The standard InChI is InChI=1S/C45H65N3O8/c1-28(47(7)8)40(31-17-13-10-14-18-31)46-38(51)22-21-35(49)42(53)32(23-29-19-20-29)24-36(50)41-34-26-45(5,6)55-37(34)27-48(41)43(54)33(30-15-11-9-12-16-30)25-39(52)56-44(2,3)4/h10,13-14,17-18,29-30,32-34,37,40-41H,1,9,11-12,15-16,19-27H2,2-8H3,(H,46,51)/t32?,33-,34-,37?,40+,41-/m0/s1. The second-order valence-electron chi connectivity index (χ2n) is 18.6. The number of hydrogen-bond acceptors (Lipinski definition) is 9. The highest BCUT2D eigenvalue weighted by Gasteiger charge is 2.56. The first-order valence-electron chi connectivity index (χ1n) is 20.8. The Kier molecular flexibility index (Phi) is 14.0. The van der Waals surface area contributed by atoms with Crippen LogP contribution in [0.3, 0.4) is 0 Å². The van der Waals surface area contributed by atoms with Gasteiger partial charge in [0, 0.05) is 57.4 Å². The van der Waals surface area contributed by atoms with Gasteiger partial charge in [-0.3, -0.25) is 28.8 Å². The van der Waals surface area contributed by atoms with Crippen LogP contribution in [-0.2, 0) is 38.2 Å². The molecule has 0 bridgehead atoms. The molecule has 4 fully saturated rings. The van der Waals surface area contributed by atoms with E-state index in [-0.39, 0.29) is 73.7 Å². The van der Waals surface area contributed by atoms with Gasteiger partial charge in [-0.25, -0.2) is 0 Å². The lowest BCUT2D eigenvalue weighted by Gasteiger charge is -2.36. The van der Waals surface area contributed by atoms with Crippen molar-refractivity contribution in [2.75, 3.05) is 20.6 Å². The Hall–Kier alpha value is -3.86. The normalized spacial score (nSPS) is 23.7. The summed E-state index contributed by atoms with van der Waals surface area (Å²) in [5, 5.41) is 2.97. The van der Waals surface area contributed by atoms with Crippen molar-refractivity contribution >= 4 is 35.1 Å². The molecular formula is C45H65N3O8. The summed E-state index contributed by atoms with van der Waals surface area (Å²) < 4.78 is 12.1. The van der Waals surface area contributed by atoms with E-state index in [0.717, 1.165) is 50.5 Å². The fourth-order valence-corrected chi connectivity index (χ4v) is 9.15. The molecule has 308 valence electrons. The molecule has 2 heterocycles. The third-order valence-corrected chi connectivity index (χ3v) is 12.1. The number of likely N-dealkylation sites (tertiary alicyclic amines) is 1. The van der Waals surface area contributed by atoms with Gasteiger partial charge in [0.15, 0.2) is 11.6 Å². The van der Waals surface area contributed by atoms with Gasteiger partial charge in [-0.2, -0.15) is 0 Å². The minimum absolute atomic E-state index is 0.000238. The molecule has 2 saturated carbocycles. The molecule has 0 spiro atoms. The van der Waals surface area contributed by atoms with Crippen molar-refractivity contribution < 1.29 is 38.2 Å². The Labute approximate surface area is 333 Å². The number of nitrogens with zero attached hydrogens (tertiary/aromatic N) is 2. The number of esters is 1. The number of likely N-dealkylation sites (N-methyl/N-ethyl adjacent to an activating group) is 1. The lowest BCUT2D eigenvalue weighted by Crippen LogP contribution is -2.49. The zero-order valence-electron chi connectivity index (χ0n) is 34.8. The van der Waals surface area contributed by atoms with Gasteiger partial charge in [-0.05, 0) is 77.7 Å². The van der Waals surface area contributed by atoms with Crippen LogP contribution in [0.2, 0.25) is 0 Å². The summed E-state index contributed by atoms with van der Waals surface area (Å²) >= 11 is 0. The molecule has 2 unspecified atom stereocenters. The number of rotatable bonds is 18. The fraction of sp³-hybridized carbons (Fsp3) is 0.689. The zero-order valence-corrected chi connectivity index (χ0v) is 34.8. The van der Waals surface area contributed by atoms with E-state index in [2.05, 4.69) is 11.9 Å². The van der Waals surface area contributed by atoms with Crippen molar-refractivity contribution in [3.05, 3.63) is 48.2 Å². The third kappa shape index (κ3) is 11.4. The molecular weight excluding hydrogens is 711 g/mol. The number of Topliss-reactive ketones (excluding diaryl/α,β-unsaturated/α-hetero) is 3. The topological polar surface area (TPSA) is 139 Å². The first-order chi connectivity index (χ1) is 26.3. The number of carbonyl (C=O) groups is 6. The van der Waals surface area contributed by atoms with Gasteiger partial charge >= 0.3 is 5.97 Å². The van der Waals surface area contributed by atoms with E-state index in [9.17, 15) is 28.8 Å². The van der Waals surface area contributed by atoms with E-state index >= 15 is 0 Å². The second kappa shape index (κ2) is 18.2. The summed E-state index contributed by atoms with van der Waals surface area (Å²) in [5.41, 5.74) is 0.330. The molecule has 2 aliphatic heterocycles. The maximum absolute atomic E-state index is 14.7. The summed E-state index contributed by atoms with van der Waals surface area (Å²) in [7, 11) is 3.68. The molecule has 5 rings (SSSR count). The van der Waals surface area contributed by atoms with Gasteiger partial charge in [0.25, 0.3) is 0 Å². The number of ether oxygens (including phenoxy) is 2. The van der Waals surface area contributed by atoms with Crippen LogP contribution in [0.1, 0.15) is 130 Å². The molecule has 4 aliphatic rings. The van der Waals surface area contributed by atoms with Gasteiger partial charge in [0.2, 0.25) is 17.6 Å². The number of nitrogens with one attached hydrogen (secondary N) is 1. The van der Waals surface area contributed by atoms with Gasteiger partial charge in [0.05, 0.1) is 36.1 Å². The number of ketones is 3. The lowest BCUT2D eigenvalue weighted by molar-refractivity contribution is -0.160. The second-order valence-corrected chi connectivity index (χ2v) is 18.6. The Balaban J connectivity index is 1.31. The molecule has 56 heavy (non-hydrogen) atoms. The van der Waals surface area contributed by atoms with E-state index in [0.29, 0.717) is 18.5 Å². The largest absolute Gasteiger partial charge is 0.460 e. The Morgan fingerprint density at radius 2 is 1.62 bits per heavy atom. The molecule has 2 amide bonds. The summed E-state index contributed by atoms with van der Waals surface area (Å²) in [4.78, 5) is 86.6. The average Bonchev–Trinajstić information content (AvgIpc) is 3.82. The van der Waals surface area contributed by atoms with Gasteiger partial charge in [-0.15, -0.1) is 0 Å². The van der Waals surface area contributed by atoms with Crippen molar-refractivity contribution in [2.45, 2.75) is 147 Å². The Morgan fingerprint density at radius 3 is 2.23 bits per heavy atom. The molecule has 1 aromatic rings. The quantitative estimate of drug-likeness (QED) is 0.130. The molecule has 0 radical (unpaired) electrons. The van der Waals surface area contributed by atoms with Crippen molar-refractivity contribution in [3.63, 3.8) is 0 Å². The Bertz CT molecular complexity index is 1620. The molecule has 0 aromatic heterocycles. The molecule has 11 nitrogen and oxygen atoms in total. The third-order valence-electron chi connectivity index (χ3n) is 12.1. The van der Waals surface area contributed by atoms with Crippen LogP contribution in [0.25, 0.3) is 0 Å². The van der Waals surface area contributed by atoms with Gasteiger partial charge in [-0.1, -0.05) is 69.0 Å². The fourth-order valence-electron chi connectivity index (χ4n) is 9.15. The maximum Gasteiger partial charge on any atom is 0.307 e. The number of carbonyl (C=O) groups excluding carboxylic acids is 6. The van der Waals surface area contributed by atoms with E-state index < -0.39 is 52.7 Å². The predicted octanol–water partition coefficient (Wildman–Crippen LogP) is 6.54. The minimum Gasteiger partial charge on any atom is -0.460 e. The number of benzene rings is 1. The monoisotopic (exact) mass is 775 g/mol. The highest BCUT2D eigenvalue weighted by atomic mass is 16.6. The summed E-state index contributed by atoms with van der Waals surface area (Å²) in [5.74, 6) is -4.05.